The quantitative estimate of drug-likeness (QED) is 0.784. The average Bonchev–Trinajstić information content (AvgIpc) is 3.01. The van der Waals surface area contributed by atoms with Crippen molar-refractivity contribution in [3.63, 3.8) is 0 Å². The predicted octanol–water partition coefficient (Wildman–Crippen LogP) is 3.53. The van der Waals surface area contributed by atoms with Gasteiger partial charge in [-0.15, -0.1) is 11.3 Å². The van der Waals surface area contributed by atoms with E-state index in [0.29, 0.717) is 27.7 Å². The van der Waals surface area contributed by atoms with Gasteiger partial charge in [0.05, 0.1) is 22.0 Å². The lowest BCUT2D eigenvalue weighted by atomic mass is 10.2. The summed E-state index contributed by atoms with van der Waals surface area (Å²) in [6, 6.07) is 9.80. The first kappa shape index (κ1) is 17.7. The molecule has 0 spiro atoms. The van der Waals surface area contributed by atoms with Gasteiger partial charge in [-0.25, -0.2) is 4.79 Å². The van der Waals surface area contributed by atoms with Crippen molar-refractivity contribution in [3.8, 4) is 0 Å². The zero-order chi connectivity index (χ0) is 17.5. The molecule has 126 valence electrons. The molecule has 0 aliphatic carbocycles. The standard InChI is InChI=1S/C17H18N2O4S/c1-3-10-23-17(22)12-4-6-13(7-5-12)19-16(21)14-8-9-15(24-14)18-11(2)20/h4-9H,3,10H2,1-2H3,(H,18,20)(H,19,21). The van der Waals surface area contributed by atoms with Crippen LogP contribution in [0.1, 0.15) is 40.3 Å². The smallest absolute Gasteiger partial charge is 0.338 e. The molecule has 1 heterocycles. The molecule has 1 aromatic heterocycles. The summed E-state index contributed by atoms with van der Waals surface area (Å²) in [5.41, 5.74) is 1.01. The third-order valence-corrected chi connectivity index (χ3v) is 3.94. The van der Waals surface area contributed by atoms with Crippen LogP contribution in [0.15, 0.2) is 36.4 Å². The van der Waals surface area contributed by atoms with Crippen LogP contribution in [0, 0.1) is 0 Å². The molecule has 0 aliphatic heterocycles. The highest BCUT2D eigenvalue weighted by atomic mass is 32.1. The minimum Gasteiger partial charge on any atom is -0.462 e. The van der Waals surface area contributed by atoms with Crippen molar-refractivity contribution in [3.05, 3.63) is 46.8 Å². The number of carbonyl (C=O) groups is 3. The summed E-state index contributed by atoms with van der Waals surface area (Å²) in [4.78, 5) is 35.3. The highest BCUT2D eigenvalue weighted by Gasteiger charge is 2.11. The largest absolute Gasteiger partial charge is 0.462 e. The van der Waals surface area contributed by atoms with Gasteiger partial charge in [0.15, 0.2) is 0 Å². The second-order valence-electron chi connectivity index (χ2n) is 5.01. The van der Waals surface area contributed by atoms with E-state index in [0.717, 1.165) is 6.42 Å². The summed E-state index contributed by atoms with van der Waals surface area (Å²) in [5, 5.41) is 5.98. The van der Waals surface area contributed by atoms with Crippen molar-refractivity contribution in [2.24, 2.45) is 0 Å². The number of hydrogen-bond acceptors (Lipinski definition) is 5. The number of ether oxygens (including phenoxy) is 1. The maximum absolute atomic E-state index is 12.2. The molecular weight excluding hydrogens is 328 g/mol. The normalized spacial score (nSPS) is 10.1. The van der Waals surface area contributed by atoms with E-state index < -0.39 is 0 Å². The fraction of sp³-hybridized carbons (Fsp3) is 0.235. The molecule has 24 heavy (non-hydrogen) atoms. The van der Waals surface area contributed by atoms with Gasteiger partial charge in [-0.2, -0.15) is 0 Å². The zero-order valence-corrected chi connectivity index (χ0v) is 14.2. The van der Waals surface area contributed by atoms with E-state index in [1.807, 2.05) is 6.92 Å². The summed E-state index contributed by atoms with van der Waals surface area (Å²) in [6.07, 6.45) is 0.765. The Bertz CT molecular complexity index is 737. The molecule has 2 rings (SSSR count). The van der Waals surface area contributed by atoms with Crippen molar-refractivity contribution in [2.75, 3.05) is 17.2 Å². The summed E-state index contributed by atoms with van der Waals surface area (Å²) in [5.74, 6) is -0.847. The van der Waals surface area contributed by atoms with Crippen LogP contribution in [0.2, 0.25) is 0 Å². The molecule has 0 aliphatic rings. The first-order valence-electron chi connectivity index (χ1n) is 7.45. The second-order valence-corrected chi connectivity index (χ2v) is 6.10. The van der Waals surface area contributed by atoms with Crippen LogP contribution in [0.4, 0.5) is 10.7 Å². The molecule has 0 radical (unpaired) electrons. The molecule has 0 saturated heterocycles. The first-order chi connectivity index (χ1) is 11.5. The van der Waals surface area contributed by atoms with Crippen molar-refractivity contribution < 1.29 is 19.1 Å². The van der Waals surface area contributed by atoms with Gasteiger partial charge in [-0.05, 0) is 42.8 Å². The van der Waals surface area contributed by atoms with E-state index >= 15 is 0 Å². The minimum atomic E-state index is -0.382. The Hall–Kier alpha value is -2.67. The highest BCUT2D eigenvalue weighted by Crippen LogP contribution is 2.23. The monoisotopic (exact) mass is 346 g/mol. The van der Waals surface area contributed by atoms with Gasteiger partial charge in [-0.1, -0.05) is 6.92 Å². The number of benzene rings is 1. The van der Waals surface area contributed by atoms with Gasteiger partial charge >= 0.3 is 5.97 Å². The van der Waals surface area contributed by atoms with Crippen molar-refractivity contribution in [1.29, 1.82) is 0 Å². The number of thiophene rings is 1. The average molecular weight is 346 g/mol. The Morgan fingerprint density at radius 1 is 1.04 bits per heavy atom. The highest BCUT2D eigenvalue weighted by molar-refractivity contribution is 7.18. The maximum atomic E-state index is 12.2. The molecule has 0 fully saturated rings. The summed E-state index contributed by atoms with van der Waals surface area (Å²) in [7, 11) is 0. The molecular formula is C17H18N2O4S. The Labute approximate surface area is 143 Å². The van der Waals surface area contributed by atoms with Gasteiger partial charge < -0.3 is 15.4 Å². The molecule has 2 aromatic rings. The van der Waals surface area contributed by atoms with Crippen LogP contribution in [0.3, 0.4) is 0 Å². The summed E-state index contributed by atoms with van der Waals surface area (Å²) in [6.45, 7) is 3.71. The molecule has 2 amide bonds. The Kier molecular flexibility index (Phi) is 6.08. The van der Waals surface area contributed by atoms with Crippen molar-refractivity contribution >= 4 is 39.8 Å². The number of hydrogen-bond donors (Lipinski definition) is 2. The fourth-order valence-corrected chi connectivity index (χ4v) is 2.71. The predicted molar refractivity (Wildman–Crippen MR) is 93.6 cm³/mol. The van der Waals surface area contributed by atoms with Gasteiger partial charge in [0.2, 0.25) is 5.91 Å². The van der Waals surface area contributed by atoms with E-state index in [1.54, 1.807) is 36.4 Å². The number of anilines is 2. The van der Waals surface area contributed by atoms with Gasteiger partial charge in [-0.3, -0.25) is 9.59 Å². The molecule has 0 saturated carbocycles. The van der Waals surface area contributed by atoms with E-state index in [-0.39, 0.29) is 17.8 Å². The zero-order valence-electron chi connectivity index (χ0n) is 13.4. The number of rotatable bonds is 6. The van der Waals surface area contributed by atoms with Gasteiger partial charge in [0.1, 0.15) is 0 Å². The van der Waals surface area contributed by atoms with E-state index in [2.05, 4.69) is 10.6 Å². The lowest BCUT2D eigenvalue weighted by Gasteiger charge is -2.06. The summed E-state index contributed by atoms with van der Waals surface area (Å²) >= 11 is 1.19. The lowest BCUT2D eigenvalue weighted by molar-refractivity contribution is -0.114. The molecule has 0 unspecified atom stereocenters. The fourth-order valence-electron chi connectivity index (χ4n) is 1.86. The number of esters is 1. The van der Waals surface area contributed by atoms with E-state index in [4.69, 9.17) is 4.74 Å². The van der Waals surface area contributed by atoms with E-state index in [9.17, 15) is 14.4 Å². The number of amides is 2. The van der Waals surface area contributed by atoms with Crippen LogP contribution in [0.5, 0.6) is 0 Å². The third kappa shape index (κ3) is 4.92. The molecule has 7 heteroatoms. The third-order valence-electron chi connectivity index (χ3n) is 2.94. The Morgan fingerprint density at radius 2 is 1.75 bits per heavy atom. The van der Waals surface area contributed by atoms with Crippen molar-refractivity contribution in [2.45, 2.75) is 20.3 Å². The van der Waals surface area contributed by atoms with Crippen LogP contribution in [-0.4, -0.2) is 24.4 Å². The van der Waals surface area contributed by atoms with Crippen LogP contribution in [-0.2, 0) is 9.53 Å². The Morgan fingerprint density at radius 3 is 2.38 bits per heavy atom. The topological polar surface area (TPSA) is 84.5 Å². The lowest BCUT2D eigenvalue weighted by Crippen LogP contribution is -2.11. The molecule has 2 N–H and O–H groups in total. The van der Waals surface area contributed by atoms with Gasteiger partial charge in [0.25, 0.3) is 5.91 Å². The number of nitrogens with one attached hydrogen (secondary N) is 2. The maximum Gasteiger partial charge on any atom is 0.338 e. The van der Waals surface area contributed by atoms with Crippen LogP contribution < -0.4 is 10.6 Å². The number of carbonyl (C=O) groups excluding carboxylic acids is 3. The minimum absolute atomic E-state index is 0.186. The van der Waals surface area contributed by atoms with E-state index in [1.165, 1.54) is 18.3 Å². The SMILES string of the molecule is CCCOC(=O)c1ccc(NC(=O)c2ccc(NC(C)=O)s2)cc1. The molecule has 0 atom stereocenters. The van der Waals surface area contributed by atoms with Crippen LogP contribution >= 0.6 is 11.3 Å². The molecule has 0 bridgehead atoms. The van der Waals surface area contributed by atoms with Crippen molar-refractivity contribution in [1.82, 2.24) is 0 Å². The van der Waals surface area contributed by atoms with Gasteiger partial charge in [0, 0.05) is 12.6 Å². The first-order valence-corrected chi connectivity index (χ1v) is 8.27. The second kappa shape index (κ2) is 8.26. The van der Waals surface area contributed by atoms with Crippen LogP contribution in [0.25, 0.3) is 0 Å². The summed E-state index contributed by atoms with van der Waals surface area (Å²) < 4.78 is 5.04. The molecule has 1 aromatic carbocycles. The molecule has 6 nitrogen and oxygen atoms in total. The Balaban J connectivity index is 1.97.